The van der Waals surface area contributed by atoms with E-state index in [9.17, 15) is 22.5 Å². The van der Waals surface area contributed by atoms with Crippen molar-refractivity contribution in [2.45, 2.75) is 25.7 Å². The molecule has 19 heteroatoms. The molecule has 0 fully saturated rings. The maximum Gasteiger partial charge on any atom is 0.695 e. The maximum absolute atomic E-state index is 14.0. The Morgan fingerprint density at radius 3 is 2.56 bits per heavy atom. The Hall–Kier alpha value is -4.41. The first-order chi connectivity index (χ1) is 21.4. The fraction of sp³-hybridized carbons (Fsp3) is 0.269. The number of aliphatic hydroxyl groups is 1. The molecule has 1 unspecified atom stereocenters. The molecule has 3 heterocycles. The molecule has 0 aliphatic rings. The number of amides is 1. The zero-order valence-electron chi connectivity index (χ0n) is 23.6. The fourth-order valence-electron chi connectivity index (χ4n) is 3.97. The summed E-state index contributed by atoms with van der Waals surface area (Å²) in [5.41, 5.74) is -0.206. The van der Waals surface area contributed by atoms with Gasteiger partial charge in [0.1, 0.15) is 28.9 Å². The molecule has 14 nitrogen and oxygen atoms in total. The van der Waals surface area contributed by atoms with Crippen LogP contribution in [0, 0.1) is 0 Å². The zero-order chi connectivity index (χ0) is 32.7. The predicted molar refractivity (Wildman–Crippen MR) is 157 cm³/mol. The molecule has 1 atom stereocenters. The minimum Gasteiger partial charge on any atom is -0.495 e. The van der Waals surface area contributed by atoms with Gasteiger partial charge in [0.2, 0.25) is 5.95 Å². The molecule has 1 amide bonds. The molecule has 3 aromatic heterocycles. The number of methoxy groups -OCH3 is 1. The van der Waals surface area contributed by atoms with Gasteiger partial charge in [-0.25, -0.2) is 9.97 Å². The van der Waals surface area contributed by atoms with Crippen LogP contribution in [0.2, 0.25) is 5.15 Å². The number of halogens is 4. The molecule has 0 saturated heterocycles. The lowest BCUT2D eigenvalue weighted by Gasteiger charge is -2.17. The molecule has 5 N–H and O–H groups in total. The van der Waals surface area contributed by atoms with Crippen LogP contribution in [0.4, 0.5) is 36.3 Å². The number of hydrogen-bond acceptors (Lipinski definition) is 11. The fourth-order valence-corrected chi connectivity index (χ4v) is 4.50. The van der Waals surface area contributed by atoms with E-state index in [0.29, 0.717) is 30.3 Å². The van der Waals surface area contributed by atoms with Gasteiger partial charge in [-0.1, -0.05) is 17.7 Å². The van der Waals surface area contributed by atoms with Gasteiger partial charge >= 0.3 is 14.4 Å². The number of carbonyl (C=O) groups is 1. The molecule has 0 spiro atoms. The number of nitrogens with one attached hydrogen (secondary N) is 3. The van der Waals surface area contributed by atoms with Gasteiger partial charge < -0.3 is 25.8 Å². The number of ether oxygens (including phenoxy) is 1. The molecule has 0 saturated carbocycles. The summed E-state index contributed by atoms with van der Waals surface area (Å²) in [6, 6.07) is 7.34. The lowest BCUT2D eigenvalue weighted by atomic mass is 10.1. The van der Waals surface area contributed by atoms with Crippen LogP contribution in [0.3, 0.4) is 0 Å². The number of aliphatic hydroxyl groups excluding tert-OH is 1. The summed E-state index contributed by atoms with van der Waals surface area (Å²) in [6.07, 6.45) is -2.47. The molecule has 238 valence electrons. The van der Waals surface area contributed by atoms with Gasteiger partial charge in [-0.2, -0.15) is 23.3 Å². The van der Waals surface area contributed by atoms with Crippen LogP contribution in [0.25, 0.3) is 11.3 Å². The largest absolute Gasteiger partial charge is 0.695 e. The second-order valence-electron chi connectivity index (χ2n) is 9.07. The first kappa shape index (κ1) is 33.5. The molecule has 1 aromatic carbocycles. The van der Waals surface area contributed by atoms with E-state index in [4.69, 9.17) is 26.3 Å². The molecule has 0 aliphatic carbocycles. The van der Waals surface area contributed by atoms with Crippen LogP contribution in [0.5, 0.6) is 5.75 Å². The number of aryl methyl sites for hydroxylation is 1. The van der Waals surface area contributed by atoms with Crippen molar-refractivity contribution < 1.29 is 41.8 Å². The minimum atomic E-state index is -4.87. The summed E-state index contributed by atoms with van der Waals surface area (Å²) >= 11 is 6.42. The Bertz CT molecular complexity index is 1710. The van der Waals surface area contributed by atoms with E-state index in [1.807, 2.05) is 0 Å². The second-order valence-corrected chi connectivity index (χ2v) is 10.2. The van der Waals surface area contributed by atoms with Crippen LogP contribution >= 0.6 is 19.9 Å². The van der Waals surface area contributed by atoms with Crippen molar-refractivity contribution in [2.75, 3.05) is 31.4 Å². The molecular formula is C26H26ClF3N8O6P+. The summed E-state index contributed by atoms with van der Waals surface area (Å²) < 4.78 is 64.3. The highest BCUT2D eigenvalue weighted by atomic mass is 35.5. The Morgan fingerprint density at radius 1 is 1.13 bits per heavy atom. The van der Waals surface area contributed by atoms with Gasteiger partial charge in [0.15, 0.2) is 5.69 Å². The van der Waals surface area contributed by atoms with Gasteiger partial charge in [0.25, 0.3) is 5.91 Å². The van der Waals surface area contributed by atoms with Crippen LogP contribution in [0.15, 0.2) is 42.7 Å². The van der Waals surface area contributed by atoms with E-state index in [1.54, 1.807) is 6.07 Å². The van der Waals surface area contributed by atoms with E-state index in [2.05, 4.69) is 40.5 Å². The molecule has 4 aromatic rings. The van der Waals surface area contributed by atoms with Crippen molar-refractivity contribution in [1.29, 1.82) is 0 Å². The molecule has 45 heavy (non-hydrogen) atoms. The molecule has 4 rings (SSSR count). The highest BCUT2D eigenvalue weighted by Crippen LogP contribution is 2.37. The average molecular weight is 670 g/mol. The van der Waals surface area contributed by atoms with E-state index < -0.39 is 31.7 Å². The molecular weight excluding hydrogens is 644 g/mol. The highest BCUT2D eigenvalue weighted by Gasteiger charge is 2.36. The first-order valence-electron chi connectivity index (χ1n) is 12.9. The molecule has 0 bridgehead atoms. The van der Waals surface area contributed by atoms with Crippen molar-refractivity contribution in [3.63, 3.8) is 0 Å². The lowest BCUT2D eigenvalue weighted by Crippen LogP contribution is -2.21. The zero-order valence-corrected chi connectivity index (χ0v) is 25.2. The van der Waals surface area contributed by atoms with Gasteiger partial charge in [-0.05, 0) is 36.2 Å². The normalized spacial score (nSPS) is 11.7. The first-order valence-corrected chi connectivity index (χ1v) is 14.5. The number of benzene rings is 1. The second kappa shape index (κ2) is 14.6. The number of nitrogens with zero attached hydrogens (tertiary/aromatic N) is 5. The summed E-state index contributed by atoms with van der Waals surface area (Å²) in [6.45, 7) is 0.0698. The number of hydrogen-bond donors (Lipinski definition) is 5. The SMILES string of the molecule is CNC(=O)c1nc(-c2cnn(CCCO)c2Cl)ccc1Nc1nc(Nc2ccc(CO[P+](=O)O)cc2OC)ncc1C(F)(F)F. The van der Waals surface area contributed by atoms with Crippen LogP contribution in [0.1, 0.15) is 28.0 Å². The monoisotopic (exact) mass is 669 g/mol. The number of pyridine rings is 1. The number of rotatable bonds is 13. The summed E-state index contributed by atoms with van der Waals surface area (Å²) in [4.78, 5) is 33.8. The van der Waals surface area contributed by atoms with Crippen molar-refractivity contribution in [2.24, 2.45) is 0 Å². The topological polar surface area (TPSA) is 186 Å². The maximum atomic E-state index is 14.0. The standard InChI is InChI=1S/C26H25ClF3N8O6P/c1-31-24(40)21-19(7-6-17(34-21)15-11-33-38(22(15)27)8-3-9-39)35-23-16(26(28,29)30)12-32-25(37-23)36-18-5-4-14(10-20(18)43-2)13-44-45(41)42/h4-7,10-12,39H,3,8-9,13H2,1-2H3,(H3-,31,32,35,36,37,40,41,42)/p+1. The van der Waals surface area contributed by atoms with E-state index in [0.717, 1.165) is 0 Å². The summed E-state index contributed by atoms with van der Waals surface area (Å²) in [5.74, 6) is -1.41. The molecule has 0 radical (unpaired) electrons. The minimum absolute atomic E-state index is 0.0732. The predicted octanol–water partition coefficient (Wildman–Crippen LogP) is 4.81. The van der Waals surface area contributed by atoms with E-state index in [1.165, 1.54) is 49.3 Å². The number of carbonyl (C=O) groups excluding carboxylic acids is 1. The third-order valence-corrected chi connectivity index (χ3v) is 6.87. The third kappa shape index (κ3) is 8.20. The Morgan fingerprint density at radius 2 is 1.89 bits per heavy atom. The van der Waals surface area contributed by atoms with Crippen LogP contribution < -0.4 is 20.7 Å². The van der Waals surface area contributed by atoms with Crippen LogP contribution in [-0.2, 0) is 28.4 Å². The summed E-state index contributed by atoms with van der Waals surface area (Å²) in [7, 11) is -0.134. The van der Waals surface area contributed by atoms with Gasteiger partial charge in [-0.3, -0.25) is 9.48 Å². The average Bonchev–Trinajstić information content (AvgIpc) is 3.38. The van der Waals surface area contributed by atoms with Gasteiger partial charge in [0, 0.05) is 31.0 Å². The molecule has 0 aliphatic heterocycles. The van der Waals surface area contributed by atoms with Crippen molar-refractivity contribution >= 4 is 48.9 Å². The van der Waals surface area contributed by atoms with Crippen LogP contribution in [-0.4, -0.2) is 61.4 Å². The van der Waals surface area contributed by atoms with Gasteiger partial charge in [0.05, 0.1) is 35.9 Å². The third-order valence-electron chi connectivity index (χ3n) is 6.12. The Balaban J connectivity index is 1.70. The lowest BCUT2D eigenvalue weighted by molar-refractivity contribution is -0.137. The Labute approximate surface area is 259 Å². The summed E-state index contributed by atoms with van der Waals surface area (Å²) in [5, 5.41) is 21.2. The van der Waals surface area contributed by atoms with Gasteiger partial charge in [-0.15, -0.1) is 9.42 Å². The quantitative estimate of drug-likeness (QED) is 0.123. The number of aromatic nitrogens is 5. The number of alkyl halides is 3. The van der Waals surface area contributed by atoms with E-state index in [-0.39, 0.29) is 52.8 Å². The van der Waals surface area contributed by atoms with Crippen molar-refractivity contribution in [3.8, 4) is 17.0 Å². The van der Waals surface area contributed by atoms with Crippen molar-refractivity contribution in [1.82, 2.24) is 30.0 Å². The number of anilines is 4. The smallest absolute Gasteiger partial charge is 0.495 e. The Kier molecular flexibility index (Phi) is 10.8. The highest BCUT2D eigenvalue weighted by molar-refractivity contribution is 7.32. The van der Waals surface area contributed by atoms with Crippen molar-refractivity contribution in [3.05, 3.63) is 64.7 Å². The van der Waals surface area contributed by atoms with E-state index >= 15 is 0 Å².